The molecular weight excluding hydrogens is 455 g/mol. The summed E-state index contributed by atoms with van der Waals surface area (Å²) in [5.74, 6) is 2.48. The molecule has 8 heteroatoms. The van der Waals surface area contributed by atoms with E-state index >= 15 is 0 Å². The summed E-state index contributed by atoms with van der Waals surface area (Å²) in [6.45, 7) is 1.01. The van der Waals surface area contributed by atoms with Crippen LogP contribution in [-0.2, 0) is 6.42 Å². The summed E-state index contributed by atoms with van der Waals surface area (Å²) in [7, 11) is 4.87. The number of benzene rings is 3. The highest BCUT2D eigenvalue weighted by atomic mass is 32.1. The van der Waals surface area contributed by atoms with Crippen molar-refractivity contribution in [1.82, 2.24) is 4.90 Å². The predicted octanol–water partition coefficient (Wildman–Crippen LogP) is 5.23. The van der Waals surface area contributed by atoms with E-state index in [1.165, 1.54) is 12.1 Å². The van der Waals surface area contributed by atoms with E-state index in [9.17, 15) is 4.39 Å². The Morgan fingerprint density at radius 3 is 2.35 bits per heavy atom. The summed E-state index contributed by atoms with van der Waals surface area (Å²) < 4.78 is 36.1. The Morgan fingerprint density at radius 2 is 1.68 bits per heavy atom. The Morgan fingerprint density at radius 1 is 0.971 bits per heavy atom. The van der Waals surface area contributed by atoms with Crippen molar-refractivity contribution in [1.29, 1.82) is 0 Å². The lowest BCUT2D eigenvalue weighted by Gasteiger charge is -2.39. The number of hydrogen-bond donors (Lipinski definition) is 1. The van der Waals surface area contributed by atoms with E-state index in [1.54, 1.807) is 33.5 Å². The van der Waals surface area contributed by atoms with Crippen LogP contribution in [0.1, 0.15) is 17.2 Å². The number of hydrogen-bond acceptors (Lipinski definition) is 5. The Bertz CT molecular complexity index is 1160. The molecule has 0 aromatic heterocycles. The molecule has 1 atom stereocenters. The van der Waals surface area contributed by atoms with Crippen LogP contribution < -0.4 is 24.3 Å². The summed E-state index contributed by atoms with van der Waals surface area (Å²) in [5.41, 5.74) is 2.78. The van der Waals surface area contributed by atoms with Crippen molar-refractivity contribution in [2.45, 2.75) is 12.5 Å². The first-order valence-corrected chi connectivity index (χ1v) is 11.3. The fraction of sp³-hybridized carbons (Fsp3) is 0.269. The van der Waals surface area contributed by atoms with E-state index in [0.29, 0.717) is 35.5 Å². The van der Waals surface area contributed by atoms with Gasteiger partial charge in [0.2, 0.25) is 0 Å². The van der Waals surface area contributed by atoms with Gasteiger partial charge in [-0.15, -0.1) is 0 Å². The zero-order chi connectivity index (χ0) is 24.1. The number of rotatable bonds is 7. The maximum atomic E-state index is 13.7. The van der Waals surface area contributed by atoms with Crippen molar-refractivity contribution in [2.24, 2.45) is 0 Å². The van der Waals surface area contributed by atoms with E-state index in [1.807, 2.05) is 36.4 Å². The standard InChI is InChI=1S/C26H27FN2O4S/c1-30-20-7-9-21(10-8-20)33-16-23-22-15-25(32-3)24(31-2)13-17(22)11-12-29(23)26(34)28-19-6-4-5-18(27)14-19/h4-10,13-15,23H,11-12,16H2,1-3H3,(H,28,34)/t23-/m1/s1. The predicted molar refractivity (Wildman–Crippen MR) is 134 cm³/mol. The number of anilines is 1. The molecule has 3 aromatic rings. The van der Waals surface area contributed by atoms with Gasteiger partial charge < -0.3 is 29.2 Å². The molecule has 4 rings (SSSR count). The lowest BCUT2D eigenvalue weighted by molar-refractivity contribution is 0.190. The lowest BCUT2D eigenvalue weighted by Crippen LogP contribution is -2.44. The van der Waals surface area contributed by atoms with E-state index in [0.717, 1.165) is 29.0 Å². The topological polar surface area (TPSA) is 52.2 Å². The third-order valence-electron chi connectivity index (χ3n) is 5.81. The molecule has 34 heavy (non-hydrogen) atoms. The smallest absolute Gasteiger partial charge is 0.174 e. The van der Waals surface area contributed by atoms with E-state index in [2.05, 4.69) is 10.2 Å². The number of thiocarbonyl (C=S) groups is 1. The van der Waals surface area contributed by atoms with Gasteiger partial charge in [-0.1, -0.05) is 6.07 Å². The van der Waals surface area contributed by atoms with Crippen LogP contribution in [-0.4, -0.2) is 44.5 Å². The fourth-order valence-corrected chi connectivity index (χ4v) is 4.40. The van der Waals surface area contributed by atoms with Gasteiger partial charge in [-0.05, 0) is 84.4 Å². The van der Waals surface area contributed by atoms with Gasteiger partial charge in [-0.3, -0.25) is 0 Å². The summed E-state index contributed by atoms with van der Waals surface area (Å²) in [4.78, 5) is 2.07. The molecule has 178 valence electrons. The third kappa shape index (κ3) is 5.17. The van der Waals surface area contributed by atoms with Crippen LogP contribution in [0.5, 0.6) is 23.0 Å². The molecule has 1 aliphatic heterocycles. The molecule has 0 unspecified atom stereocenters. The van der Waals surface area contributed by atoms with Gasteiger partial charge >= 0.3 is 0 Å². The minimum atomic E-state index is -0.326. The van der Waals surface area contributed by atoms with Crippen molar-refractivity contribution >= 4 is 23.0 Å². The highest BCUT2D eigenvalue weighted by Crippen LogP contribution is 2.38. The summed E-state index contributed by atoms with van der Waals surface area (Å²) in [6, 6.07) is 17.5. The minimum Gasteiger partial charge on any atom is -0.497 e. The molecule has 1 heterocycles. The van der Waals surface area contributed by atoms with Crippen LogP contribution >= 0.6 is 12.2 Å². The van der Waals surface area contributed by atoms with Gasteiger partial charge in [0, 0.05) is 12.2 Å². The molecule has 0 amide bonds. The van der Waals surface area contributed by atoms with Gasteiger partial charge in [0.15, 0.2) is 16.6 Å². The molecule has 0 spiro atoms. The quantitative estimate of drug-likeness (QED) is 0.463. The van der Waals surface area contributed by atoms with E-state index in [4.69, 9.17) is 31.2 Å². The normalized spacial score (nSPS) is 14.7. The number of methoxy groups -OCH3 is 3. The maximum Gasteiger partial charge on any atom is 0.174 e. The zero-order valence-corrected chi connectivity index (χ0v) is 20.2. The average molecular weight is 483 g/mol. The maximum absolute atomic E-state index is 13.7. The third-order valence-corrected chi connectivity index (χ3v) is 6.14. The molecule has 0 fully saturated rings. The van der Waals surface area contributed by atoms with E-state index in [-0.39, 0.29) is 11.9 Å². The first-order chi connectivity index (χ1) is 16.5. The molecule has 0 aliphatic carbocycles. The largest absolute Gasteiger partial charge is 0.497 e. The molecule has 6 nitrogen and oxygen atoms in total. The monoisotopic (exact) mass is 482 g/mol. The van der Waals surface area contributed by atoms with Gasteiger partial charge in [0.25, 0.3) is 0 Å². The van der Waals surface area contributed by atoms with Crippen LogP contribution in [0.2, 0.25) is 0 Å². The van der Waals surface area contributed by atoms with Crippen LogP contribution in [0.4, 0.5) is 10.1 Å². The molecule has 0 bridgehead atoms. The number of fused-ring (bicyclic) bond motifs is 1. The number of halogens is 1. The van der Waals surface area contributed by atoms with Crippen molar-refractivity contribution in [2.75, 3.05) is 39.8 Å². The van der Waals surface area contributed by atoms with Crippen LogP contribution in [0.15, 0.2) is 60.7 Å². The molecular formula is C26H27FN2O4S. The van der Waals surface area contributed by atoms with Crippen LogP contribution in [0.25, 0.3) is 0 Å². The minimum absolute atomic E-state index is 0.195. The zero-order valence-electron chi connectivity index (χ0n) is 19.3. The van der Waals surface area contributed by atoms with Gasteiger partial charge in [-0.2, -0.15) is 0 Å². The Kier molecular flexibility index (Phi) is 7.37. The first-order valence-electron chi connectivity index (χ1n) is 10.9. The van der Waals surface area contributed by atoms with Gasteiger partial charge in [-0.25, -0.2) is 4.39 Å². The van der Waals surface area contributed by atoms with Crippen molar-refractivity contribution in [3.8, 4) is 23.0 Å². The van der Waals surface area contributed by atoms with Crippen LogP contribution in [0.3, 0.4) is 0 Å². The Hall–Kier alpha value is -3.52. The second-order valence-corrected chi connectivity index (χ2v) is 8.18. The van der Waals surface area contributed by atoms with Gasteiger partial charge in [0.1, 0.15) is 23.9 Å². The Balaban J connectivity index is 1.63. The summed E-state index contributed by atoms with van der Waals surface area (Å²) >= 11 is 5.74. The molecule has 3 aromatic carbocycles. The number of nitrogens with zero attached hydrogens (tertiary/aromatic N) is 1. The number of ether oxygens (including phenoxy) is 4. The van der Waals surface area contributed by atoms with Crippen molar-refractivity contribution in [3.05, 3.63) is 77.6 Å². The summed E-state index contributed by atoms with van der Waals surface area (Å²) in [6.07, 6.45) is 0.764. The van der Waals surface area contributed by atoms with E-state index < -0.39 is 0 Å². The second-order valence-electron chi connectivity index (χ2n) is 7.79. The molecule has 0 radical (unpaired) electrons. The van der Waals surface area contributed by atoms with Crippen molar-refractivity contribution in [3.63, 3.8) is 0 Å². The van der Waals surface area contributed by atoms with Crippen molar-refractivity contribution < 1.29 is 23.3 Å². The first kappa shape index (κ1) is 23.6. The lowest BCUT2D eigenvalue weighted by atomic mass is 9.92. The molecule has 0 saturated carbocycles. The fourth-order valence-electron chi connectivity index (χ4n) is 4.06. The molecule has 0 saturated heterocycles. The highest BCUT2D eigenvalue weighted by Gasteiger charge is 2.31. The summed E-state index contributed by atoms with van der Waals surface area (Å²) in [5, 5.41) is 3.66. The average Bonchev–Trinajstić information content (AvgIpc) is 2.86. The Labute approximate surface area is 204 Å². The molecule has 1 N–H and O–H groups in total. The van der Waals surface area contributed by atoms with Gasteiger partial charge in [0.05, 0.1) is 27.4 Å². The van der Waals surface area contributed by atoms with Crippen LogP contribution in [0, 0.1) is 5.82 Å². The second kappa shape index (κ2) is 10.6. The highest BCUT2D eigenvalue weighted by molar-refractivity contribution is 7.80. The number of nitrogens with one attached hydrogen (secondary N) is 1. The SMILES string of the molecule is COc1ccc(OC[C@@H]2c3cc(OC)c(OC)cc3CCN2C(=S)Nc2cccc(F)c2)cc1. The molecule has 1 aliphatic rings.